The lowest BCUT2D eigenvalue weighted by Gasteiger charge is -2.31. The zero-order valence-electron chi connectivity index (χ0n) is 9.88. The van der Waals surface area contributed by atoms with Crippen LogP contribution in [0, 0.1) is 11.7 Å². The second-order valence-electron chi connectivity index (χ2n) is 4.42. The van der Waals surface area contributed by atoms with Crippen LogP contribution in [0.3, 0.4) is 0 Å². The first-order valence-electron chi connectivity index (χ1n) is 5.90. The van der Waals surface area contributed by atoms with Gasteiger partial charge in [0.05, 0.1) is 6.61 Å². The molecule has 2 nitrogen and oxygen atoms in total. The Kier molecular flexibility index (Phi) is 4.37. The van der Waals surface area contributed by atoms with Gasteiger partial charge in [-0.05, 0) is 32.0 Å². The third-order valence-electron chi connectivity index (χ3n) is 3.37. The fourth-order valence-electron chi connectivity index (χ4n) is 2.37. The maximum atomic E-state index is 13.7. The predicted octanol–water partition coefficient (Wildman–Crippen LogP) is 2.65. The van der Waals surface area contributed by atoms with Gasteiger partial charge >= 0.3 is 0 Å². The summed E-state index contributed by atoms with van der Waals surface area (Å²) in [5.41, 5.74) is 0.602. The molecule has 2 atom stereocenters. The van der Waals surface area contributed by atoms with Gasteiger partial charge in [0.1, 0.15) is 5.82 Å². The van der Waals surface area contributed by atoms with E-state index < -0.39 is 0 Å². The third kappa shape index (κ3) is 2.97. The van der Waals surface area contributed by atoms with Crippen LogP contribution in [0.1, 0.15) is 12.0 Å². The summed E-state index contributed by atoms with van der Waals surface area (Å²) in [7, 11) is 1.94. The molecule has 0 aromatic heterocycles. The Morgan fingerprint density at radius 1 is 1.53 bits per heavy atom. The van der Waals surface area contributed by atoms with Gasteiger partial charge in [-0.2, -0.15) is 0 Å². The predicted molar refractivity (Wildman–Crippen MR) is 66.9 cm³/mol. The SMILES string of the molecule is CNC1CCOCC1Cc1c(F)cccc1Cl. The summed E-state index contributed by atoms with van der Waals surface area (Å²) in [4.78, 5) is 0. The lowest BCUT2D eigenvalue weighted by molar-refractivity contribution is 0.0339. The van der Waals surface area contributed by atoms with Crippen LogP contribution in [0.15, 0.2) is 18.2 Å². The Hall–Kier alpha value is -0.640. The van der Waals surface area contributed by atoms with Crippen LogP contribution in [0.5, 0.6) is 0 Å². The van der Waals surface area contributed by atoms with Crippen LogP contribution >= 0.6 is 11.6 Å². The summed E-state index contributed by atoms with van der Waals surface area (Å²) in [6.45, 7) is 1.43. The van der Waals surface area contributed by atoms with Crippen molar-refractivity contribution in [3.63, 3.8) is 0 Å². The quantitative estimate of drug-likeness (QED) is 0.899. The normalized spacial score (nSPS) is 24.9. The number of rotatable bonds is 3. The largest absolute Gasteiger partial charge is 0.381 e. The number of halogens is 2. The van der Waals surface area contributed by atoms with Gasteiger partial charge in [-0.1, -0.05) is 17.7 Å². The summed E-state index contributed by atoms with van der Waals surface area (Å²) in [5, 5.41) is 3.77. The fourth-order valence-corrected chi connectivity index (χ4v) is 2.61. The Labute approximate surface area is 106 Å². The number of nitrogens with one attached hydrogen (secondary N) is 1. The molecule has 1 aromatic carbocycles. The molecule has 0 saturated carbocycles. The van der Waals surface area contributed by atoms with Gasteiger partial charge < -0.3 is 10.1 Å². The van der Waals surface area contributed by atoms with Gasteiger partial charge in [-0.25, -0.2) is 4.39 Å². The lowest BCUT2D eigenvalue weighted by atomic mass is 9.89. The average Bonchev–Trinajstić information content (AvgIpc) is 2.34. The van der Waals surface area contributed by atoms with E-state index >= 15 is 0 Å². The fraction of sp³-hybridized carbons (Fsp3) is 0.538. The van der Waals surface area contributed by atoms with Gasteiger partial charge in [0.15, 0.2) is 0 Å². The Morgan fingerprint density at radius 2 is 2.35 bits per heavy atom. The minimum absolute atomic E-state index is 0.224. The van der Waals surface area contributed by atoms with Crippen molar-refractivity contribution < 1.29 is 9.13 Å². The van der Waals surface area contributed by atoms with Crippen molar-refractivity contribution in [1.29, 1.82) is 0 Å². The number of ether oxygens (including phenoxy) is 1. The standard InChI is InChI=1S/C13H17ClFNO/c1-16-13-5-6-17-8-9(13)7-10-11(14)3-2-4-12(10)15/h2-4,9,13,16H,5-8H2,1H3. The minimum atomic E-state index is -0.224. The average molecular weight is 258 g/mol. The van der Waals surface area contributed by atoms with Gasteiger partial charge in [0, 0.05) is 29.2 Å². The second kappa shape index (κ2) is 5.80. The molecule has 0 bridgehead atoms. The monoisotopic (exact) mass is 257 g/mol. The van der Waals surface area contributed by atoms with Crippen molar-refractivity contribution in [3.05, 3.63) is 34.6 Å². The third-order valence-corrected chi connectivity index (χ3v) is 3.73. The molecule has 0 radical (unpaired) electrons. The zero-order valence-corrected chi connectivity index (χ0v) is 10.6. The summed E-state index contributed by atoms with van der Waals surface area (Å²) < 4.78 is 19.2. The molecule has 1 saturated heterocycles. The van der Waals surface area contributed by atoms with E-state index in [4.69, 9.17) is 16.3 Å². The molecule has 0 aliphatic carbocycles. The molecule has 1 heterocycles. The maximum Gasteiger partial charge on any atom is 0.127 e. The number of hydrogen-bond acceptors (Lipinski definition) is 2. The van der Waals surface area contributed by atoms with Crippen molar-refractivity contribution in [2.75, 3.05) is 20.3 Å². The van der Waals surface area contributed by atoms with Crippen LogP contribution in [-0.2, 0) is 11.2 Å². The molecule has 2 unspecified atom stereocenters. The van der Waals surface area contributed by atoms with Crippen molar-refractivity contribution in [3.8, 4) is 0 Å². The summed E-state index contributed by atoms with van der Waals surface area (Å²) in [5.74, 6) is 0.0566. The molecule has 94 valence electrons. The van der Waals surface area contributed by atoms with Crippen molar-refractivity contribution in [2.24, 2.45) is 5.92 Å². The smallest absolute Gasteiger partial charge is 0.127 e. The molecule has 1 aromatic rings. The van der Waals surface area contributed by atoms with Crippen LogP contribution in [0.2, 0.25) is 5.02 Å². The maximum absolute atomic E-state index is 13.7. The first-order chi connectivity index (χ1) is 8.22. The molecular formula is C13H17ClFNO. The molecule has 1 aliphatic rings. The van der Waals surface area contributed by atoms with Crippen LogP contribution in [0.25, 0.3) is 0 Å². The van der Waals surface area contributed by atoms with Gasteiger partial charge in [-0.15, -0.1) is 0 Å². The first kappa shape index (κ1) is 12.8. The molecule has 0 amide bonds. The molecule has 0 spiro atoms. The first-order valence-corrected chi connectivity index (χ1v) is 6.28. The highest BCUT2D eigenvalue weighted by Crippen LogP contribution is 2.26. The highest BCUT2D eigenvalue weighted by atomic mass is 35.5. The molecule has 17 heavy (non-hydrogen) atoms. The molecule has 1 fully saturated rings. The summed E-state index contributed by atoms with van der Waals surface area (Å²) in [6, 6.07) is 5.20. The molecule has 1 N–H and O–H groups in total. The van der Waals surface area contributed by atoms with Gasteiger partial charge in [0.2, 0.25) is 0 Å². The Balaban J connectivity index is 2.13. The van der Waals surface area contributed by atoms with Crippen LogP contribution in [-0.4, -0.2) is 26.3 Å². The Bertz CT molecular complexity index is 365. The topological polar surface area (TPSA) is 21.3 Å². The van der Waals surface area contributed by atoms with Crippen molar-refractivity contribution >= 4 is 11.6 Å². The van der Waals surface area contributed by atoms with E-state index in [0.717, 1.165) is 13.0 Å². The van der Waals surface area contributed by atoms with Crippen LogP contribution in [0.4, 0.5) is 4.39 Å². The van der Waals surface area contributed by atoms with E-state index in [0.29, 0.717) is 29.7 Å². The highest BCUT2D eigenvalue weighted by molar-refractivity contribution is 6.31. The van der Waals surface area contributed by atoms with Crippen molar-refractivity contribution in [2.45, 2.75) is 18.9 Å². The second-order valence-corrected chi connectivity index (χ2v) is 4.83. The summed E-state index contributed by atoms with van der Waals surface area (Å²) in [6.07, 6.45) is 1.59. The van der Waals surface area contributed by atoms with E-state index in [2.05, 4.69) is 5.32 Å². The molecule has 2 rings (SSSR count). The van der Waals surface area contributed by atoms with E-state index in [1.165, 1.54) is 6.07 Å². The van der Waals surface area contributed by atoms with Crippen LogP contribution < -0.4 is 5.32 Å². The zero-order chi connectivity index (χ0) is 12.3. The van der Waals surface area contributed by atoms with Gasteiger partial charge in [0.25, 0.3) is 0 Å². The van der Waals surface area contributed by atoms with E-state index in [1.54, 1.807) is 12.1 Å². The minimum Gasteiger partial charge on any atom is -0.381 e. The summed E-state index contributed by atoms with van der Waals surface area (Å²) >= 11 is 6.04. The van der Waals surface area contributed by atoms with Crippen molar-refractivity contribution in [1.82, 2.24) is 5.32 Å². The number of hydrogen-bond donors (Lipinski definition) is 1. The molecule has 4 heteroatoms. The highest BCUT2D eigenvalue weighted by Gasteiger charge is 2.26. The number of benzene rings is 1. The molecule has 1 aliphatic heterocycles. The molecular weight excluding hydrogens is 241 g/mol. The van der Waals surface area contributed by atoms with E-state index in [-0.39, 0.29) is 11.7 Å². The van der Waals surface area contributed by atoms with E-state index in [9.17, 15) is 4.39 Å². The van der Waals surface area contributed by atoms with Gasteiger partial charge in [-0.3, -0.25) is 0 Å². The van der Waals surface area contributed by atoms with E-state index in [1.807, 2.05) is 7.05 Å². The Morgan fingerprint density at radius 3 is 3.06 bits per heavy atom. The lowest BCUT2D eigenvalue weighted by Crippen LogP contribution is -2.42.